The van der Waals surface area contributed by atoms with Crippen LogP contribution >= 0.6 is 0 Å². The zero-order chi connectivity index (χ0) is 14.8. The second-order valence-electron chi connectivity index (χ2n) is 4.86. The number of nitro groups is 1. The molecule has 1 aromatic carbocycles. The minimum absolute atomic E-state index is 0.100. The van der Waals surface area contributed by atoms with Crippen LogP contribution in [-0.2, 0) is 7.05 Å². The summed E-state index contributed by atoms with van der Waals surface area (Å²) < 4.78 is 1.96. The maximum absolute atomic E-state index is 10.9. The van der Waals surface area contributed by atoms with Crippen LogP contribution in [0.25, 0.3) is 23.1 Å². The molecule has 2 aromatic heterocycles. The minimum Gasteiger partial charge on any atom is -0.361 e. The molecule has 21 heavy (non-hydrogen) atoms. The highest BCUT2D eigenvalue weighted by Gasteiger charge is 2.09. The highest BCUT2D eigenvalue weighted by Crippen LogP contribution is 2.24. The number of nitrogens with zero attached hydrogens (tertiary/aromatic N) is 2. The first-order valence-electron chi connectivity index (χ1n) is 6.52. The number of aromatic nitrogens is 2. The van der Waals surface area contributed by atoms with Gasteiger partial charge in [0.2, 0.25) is 0 Å². The van der Waals surface area contributed by atoms with E-state index in [-0.39, 0.29) is 10.6 Å². The number of nitro benzene ring substituents is 1. The second-order valence-corrected chi connectivity index (χ2v) is 4.86. The standard InChI is InChI=1S/C16H13N3O2/c1-18-8-6-12(7-9-18)2-3-13-11-17-16-5-4-14(19(20)21)10-15(13)16/h2-11H,1H3/p+1. The van der Waals surface area contributed by atoms with Crippen LogP contribution in [0.2, 0.25) is 0 Å². The average Bonchev–Trinajstić information content (AvgIpc) is 2.89. The molecule has 1 N–H and O–H groups in total. The Morgan fingerprint density at radius 2 is 1.95 bits per heavy atom. The smallest absolute Gasteiger partial charge is 0.270 e. The van der Waals surface area contributed by atoms with Gasteiger partial charge in [-0.3, -0.25) is 10.1 Å². The monoisotopic (exact) mass is 280 g/mol. The molecule has 3 aromatic rings. The van der Waals surface area contributed by atoms with Gasteiger partial charge in [0.25, 0.3) is 5.69 Å². The fourth-order valence-corrected chi connectivity index (χ4v) is 2.19. The molecule has 5 heteroatoms. The number of non-ortho nitro benzene ring substituents is 1. The van der Waals surface area contributed by atoms with E-state index in [9.17, 15) is 10.1 Å². The van der Waals surface area contributed by atoms with Crippen molar-refractivity contribution in [2.75, 3.05) is 0 Å². The highest BCUT2D eigenvalue weighted by atomic mass is 16.6. The van der Waals surface area contributed by atoms with E-state index in [1.165, 1.54) is 6.07 Å². The Labute approximate surface area is 121 Å². The fourth-order valence-electron chi connectivity index (χ4n) is 2.19. The van der Waals surface area contributed by atoms with E-state index in [1.807, 2.05) is 54.5 Å². The zero-order valence-electron chi connectivity index (χ0n) is 11.5. The average molecular weight is 280 g/mol. The van der Waals surface area contributed by atoms with E-state index in [4.69, 9.17) is 0 Å². The Morgan fingerprint density at radius 3 is 2.67 bits per heavy atom. The Kier molecular flexibility index (Phi) is 3.23. The quantitative estimate of drug-likeness (QED) is 0.455. The van der Waals surface area contributed by atoms with Gasteiger partial charge in [-0.15, -0.1) is 0 Å². The number of nitrogens with one attached hydrogen (secondary N) is 1. The zero-order valence-corrected chi connectivity index (χ0v) is 11.5. The SMILES string of the molecule is C[n+]1ccc(/C=C/c2c[nH]c3ccc([N+](=O)[O-])cc23)cc1. The predicted octanol–water partition coefficient (Wildman–Crippen LogP) is 3.07. The van der Waals surface area contributed by atoms with Crippen LogP contribution < -0.4 is 4.57 Å². The van der Waals surface area contributed by atoms with Crippen molar-refractivity contribution in [3.8, 4) is 0 Å². The van der Waals surface area contributed by atoms with Gasteiger partial charge in [0.15, 0.2) is 12.4 Å². The van der Waals surface area contributed by atoms with E-state index in [2.05, 4.69) is 4.98 Å². The van der Waals surface area contributed by atoms with Crippen LogP contribution in [0.3, 0.4) is 0 Å². The van der Waals surface area contributed by atoms with Crippen molar-refractivity contribution < 1.29 is 9.49 Å². The number of pyridine rings is 1. The number of aryl methyl sites for hydroxylation is 1. The van der Waals surface area contributed by atoms with Gasteiger partial charge in [0.05, 0.1) is 4.92 Å². The lowest BCUT2D eigenvalue weighted by atomic mass is 10.1. The molecule has 0 aliphatic carbocycles. The molecule has 0 aliphatic rings. The largest absolute Gasteiger partial charge is 0.361 e. The first-order valence-corrected chi connectivity index (χ1v) is 6.52. The molecule has 0 unspecified atom stereocenters. The normalized spacial score (nSPS) is 11.3. The van der Waals surface area contributed by atoms with Crippen LogP contribution in [-0.4, -0.2) is 9.91 Å². The number of rotatable bonds is 3. The molecule has 2 heterocycles. The van der Waals surface area contributed by atoms with Crippen molar-refractivity contribution in [3.63, 3.8) is 0 Å². The van der Waals surface area contributed by atoms with Crippen molar-refractivity contribution in [1.82, 2.24) is 4.98 Å². The lowest BCUT2D eigenvalue weighted by Gasteiger charge is -1.94. The molecule has 0 spiro atoms. The summed E-state index contributed by atoms with van der Waals surface area (Å²) in [6.45, 7) is 0. The molecule has 0 radical (unpaired) electrons. The molecular formula is C16H14N3O2+. The van der Waals surface area contributed by atoms with Crippen LogP contribution in [0.5, 0.6) is 0 Å². The lowest BCUT2D eigenvalue weighted by Crippen LogP contribution is -2.25. The van der Waals surface area contributed by atoms with Crippen LogP contribution in [0.1, 0.15) is 11.1 Å². The van der Waals surface area contributed by atoms with Gasteiger partial charge >= 0.3 is 0 Å². The molecule has 0 fully saturated rings. The van der Waals surface area contributed by atoms with Crippen molar-refractivity contribution in [1.29, 1.82) is 0 Å². The van der Waals surface area contributed by atoms with E-state index in [0.29, 0.717) is 0 Å². The first kappa shape index (κ1) is 13.1. The highest BCUT2D eigenvalue weighted by molar-refractivity contribution is 5.92. The van der Waals surface area contributed by atoms with Gasteiger partial charge < -0.3 is 4.98 Å². The van der Waals surface area contributed by atoms with E-state index in [0.717, 1.165) is 22.0 Å². The maximum atomic E-state index is 10.9. The van der Waals surface area contributed by atoms with Crippen molar-refractivity contribution >= 4 is 28.7 Å². The molecular weight excluding hydrogens is 266 g/mol. The summed E-state index contributed by atoms with van der Waals surface area (Å²) in [6.07, 6.45) is 9.74. The first-order chi connectivity index (χ1) is 10.1. The molecule has 3 rings (SSSR count). The minimum atomic E-state index is -0.378. The van der Waals surface area contributed by atoms with Crippen LogP contribution in [0, 0.1) is 10.1 Å². The van der Waals surface area contributed by atoms with Gasteiger partial charge in [-0.05, 0) is 11.6 Å². The van der Waals surface area contributed by atoms with Gasteiger partial charge in [-0.25, -0.2) is 4.57 Å². The number of aromatic amines is 1. The summed E-state index contributed by atoms with van der Waals surface area (Å²) in [4.78, 5) is 13.6. The number of hydrogen-bond acceptors (Lipinski definition) is 2. The molecule has 0 saturated heterocycles. The second kappa shape index (κ2) is 5.20. The predicted molar refractivity (Wildman–Crippen MR) is 81.5 cm³/mol. The Morgan fingerprint density at radius 1 is 1.19 bits per heavy atom. The van der Waals surface area contributed by atoms with E-state index in [1.54, 1.807) is 12.1 Å². The number of H-pyrrole nitrogens is 1. The Bertz CT molecular complexity index is 832. The summed E-state index contributed by atoms with van der Waals surface area (Å²) in [7, 11) is 1.96. The molecule has 0 saturated carbocycles. The summed E-state index contributed by atoms with van der Waals surface area (Å²) in [5.41, 5.74) is 3.00. The number of hydrogen-bond donors (Lipinski definition) is 1. The molecule has 104 valence electrons. The fraction of sp³-hybridized carbons (Fsp3) is 0.0625. The lowest BCUT2D eigenvalue weighted by molar-refractivity contribution is -0.671. The molecule has 0 bridgehead atoms. The van der Waals surface area contributed by atoms with E-state index < -0.39 is 0 Å². The molecule has 0 amide bonds. The summed E-state index contributed by atoms with van der Waals surface area (Å²) >= 11 is 0. The summed E-state index contributed by atoms with van der Waals surface area (Å²) in [6, 6.07) is 8.84. The van der Waals surface area contributed by atoms with Gasteiger partial charge in [-0.2, -0.15) is 0 Å². The van der Waals surface area contributed by atoms with E-state index >= 15 is 0 Å². The molecule has 0 atom stereocenters. The third kappa shape index (κ3) is 2.67. The van der Waals surface area contributed by atoms with Crippen molar-refractivity contribution in [2.24, 2.45) is 7.05 Å². The van der Waals surface area contributed by atoms with Crippen LogP contribution in [0.15, 0.2) is 48.9 Å². The molecule has 0 aliphatic heterocycles. The van der Waals surface area contributed by atoms with Gasteiger partial charge in [-0.1, -0.05) is 12.2 Å². The topological polar surface area (TPSA) is 62.8 Å². The number of fused-ring (bicyclic) bond motifs is 1. The maximum Gasteiger partial charge on any atom is 0.270 e. The number of benzene rings is 1. The summed E-state index contributed by atoms with van der Waals surface area (Å²) in [5, 5.41) is 11.7. The third-order valence-electron chi connectivity index (χ3n) is 3.37. The third-order valence-corrected chi connectivity index (χ3v) is 3.37. The Hall–Kier alpha value is -2.95. The Balaban J connectivity index is 1.98. The van der Waals surface area contributed by atoms with Crippen molar-refractivity contribution in [2.45, 2.75) is 0 Å². The summed E-state index contributed by atoms with van der Waals surface area (Å²) in [5.74, 6) is 0. The van der Waals surface area contributed by atoms with Gasteiger partial charge in [0.1, 0.15) is 7.05 Å². The molecule has 5 nitrogen and oxygen atoms in total. The van der Waals surface area contributed by atoms with Gasteiger partial charge in [0, 0.05) is 46.9 Å². The van der Waals surface area contributed by atoms with Crippen LogP contribution in [0.4, 0.5) is 5.69 Å². The van der Waals surface area contributed by atoms with Crippen molar-refractivity contribution in [3.05, 3.63) is 70.2 Å².